The van der Waals surface area contributed by atoms with E-state index in [1.807, 2.05) is 0 Å². The van der Waals surface area contributed by atoms with Gasteiger partial charge in [0.05, 0.1) is 17.7 Å². The largest absolute Gasteiger partial charge is 0.313 e. The Morgan fingerprint density at radius 2 is 1.42 bits per heavy atom. The zero-order valence-electron chi connectivity index (χ0n) is 13.7. The minimum absolute atomic E-state index is 0.0734. The molecule has 0 amide bonds. The van der Waals surface area contributed by atoms with Crippen molar-refractivity contribution in [2.24, 2.45) is 0 Å². The van der Waals surface area contributed by atoms with Crippen molar-refractivity contribution in [3.05, 3.63) is 0 Å². The molecule has 114 valence electrons. The number of piperazine rings is 1. The first-order valence-electron chi connectivity index (χ1n) is 8.04. The lowest BCUT2D eigenvalue weighted by molar-refractivity contribution is -0.274. The van der Waals surface area contributed by atoms with Crippen molar-refractivity contribution in [1.29, 1.82) is 0 Å². The SMILES string of the molecule is CCCCCCCCON1C(C)(C)CNCC1(C)C. The second-order valence-corrected chi connectivity index (χ2v) is 7.12. The number of hydrogen-bond donors (Lipinski definition) is 1. The molecule has 1 N–H and O–H groups in total. The van der Waals surface area contributed by atoms with Gasteiger partial charge < -0.3 is 5.32 Å². The molecule has 0 aromatic heterocycles. The molecule has 0 aromatic rings. The number of nitrogens with one attached hydrogen (secondary N) is 1. The van der Waals surface area contributed by atoms with Crippen molar-refractivity contribution in [1.82, 2.24) is 10.4 Å². The first-order valence-corrected chi connectivity index (χ1v) is 8.04. The van der Waals surface area contributed by atoms with E-state index in [9.17, 15) is 0 Å². The molecular weight excluding hydrogens is 236 g/mol. The molecule has 1 aliphatic heterocycles. The van der Waals surface area contributed by atoms with E-state index in [-0.39, 0.29) is 11.1 Å². The molecule has 0 aliphatic carbocycles. The first-order chi connectivity index (χ1) is 8.90. The summed E-state index contributed by atoms with van der Waals surface area (Å²) in [5.74, 6) is 0. The van der Waals surface area contributed by atoms with E-state index in [4.69, 9.17) is 4.84 Å². The van der Waals surface area contributed by atoms with Crippen molar-refractivity contribution in [3.8, 4) is 0 Å². The topological polar surface area (TPSA) is 24.5 Å². The minimum atomic E-state index is 0.0734. The molecule has 0 unspecified atom stereocenters. The zero-order valence-corrected chi connectivity index (χ0v) is 13.7. The van der Waals surface area contributed by atoms with Gasteiger partial charge in [-0.25, -0.2) is 0 Å². The molecule has 1 fully saturated rings. The third kappa shape index (κ3) is 5.41. The van der Waals surface area contributed by atoms with E-state index < -0.39 is 0 Å². The molecule has 1 rings (SSSR count). The Balaban J connectivity index is 2.25. The summed E-state index contributed by atoms with van der Waals surface area (Å²) in [6.07, 6.45) is 7.90. The minimum Gasteiger partial charge on any atom is -0.313 e. The maximum absolute atomic E-state index is 6.11. The standard InChI is InChI=1S/C16H34N2O/c1-6-7-8-9-10-11-12-19-18-15(2,3)13-17-14-16(18,4)5/h17H,6-14H2,1-5H3. The molecule has 0 spiro atoms. The lowest BCUT2D eigenvalue weighted by atomic mass is 9.92. The van der Waals surface area contributed by atoms with Crippen LogP contribution in [0, 0.1) is 0 Å². The highest BCUT2D eigenvalue weighted by atomic mass is 16.7. The summed E-state index contributed by atoms with van der Waals surface area (Å²) in [6, 6.07) is 0. The van der Waals surface area contributed by atoms with E-state index in [1.54, 1.807) is 0 Å². The smallest absolute Gasteiger partial charge is 0.0685 e. The van der Waals surface area contributed by atoms with Gasteiger partial charge >= 0.3 is 0 Å². The molecule has 19 heavy (non-hydrogen) atoms. The molecule has 0 atom stereocenters. The van der Waals surface area contributed by atoms with Crippen molar-refractivity contribution in [2.45, 2.75) is 84.2 Å². The number of hydrogen-bond acceptors (Lipinski definition) is 3. The molecule has 1 saturated heterocycles. The third-order valence-corrected chi connectivity index (χ3v) is 3.93. The quantitative estimate of drug-likeness (QED) is 0.680. The van der Waals surface area contributed by atoms with Crippen LogP contribution in [0.25, 0.3) is 0 Å². The van der Waals surface area contributed by atoms with Crippen LogP contribution in [0.15, 0.2) is 0 Å². The molecule has 0 aromatic carbocycles. The van der Waals surface area contributed by atoms with Gasteiger partial charge in [-0.3, -0.25) is 4.84 Å². The number of unbranched alkanes of at least 4 members (excludes halogenated alkanes) is 5. The summed E-state index contributed by atoms with van der Waals surface area (Å²) < 4.78 is 0. The summed E-state index contributed by atoms with van der Waals surface area (Å²) in [6.45, 7) is 14.1. The van der Waals surface area contributed by atoms with Gasteiger partial charge in [0.25, 0.3) is 0 Å². The van der Waals surface area contributed by atoms with Crippen LogP contribution < -0.4 is 5.32 Å². The van der Waals surface area contributed by atoms with E-state index >= 15 is 0 Å². The van der Waals surface area contributed by atoms with Gasteiger partial charge in [-0.05, 0) is 34.1 Å². The van der Waals surface area contributed by atoms with Gasteiger partial charge in [0.1, 0.15) is 0 Å². The van der Waals surface area contributed by atoms with E-state index in [0.717, 1.165) is 19.7 Å². The first kappa shape index (κ1) is 16.9. The maximum atomic E-state index is 6.11. The average Bonchev–Trinajstić information content (AvgIpc) is 2.30. The van der Waals surface area contributed by atoms with E-state index in [1.165, 1.54) is 38.5 Å². The van der Waals surface area contributed by atoms with Gasteiger partial charge in [0.15, 0.2) is 0 Å². The number of rotatable bonds is 8. The second-order valence-electron chi connectivity index (χ2n) is 7.12. The van der Waals surface area contributed by atoms with Crippen LogP contribution in [0.5, 0.6) is 0 Å². The summed E-state index contributed by atoms with van der Waals surface area (Å²) in [5.41, 5.74) is 0.147. The van der Waals surface area contributed by atoms with Crippen LogP contribution in [0.1, 0.15) is 73.1 Å². The van der Waals surface area contributed by atoms with Gasteiger partial charge in [-0.2, -0.15) is 5.06 Å². The molecule has 3 heteroatoms. The molecule has 0 saturated carbocycles. The Morgan fingerprint density at radius 1 is 0.895 bits per heavy atom. The lowest BCUT2D eigenvalue weighted by Crippen LogP contribution is -2.67. The average molecular weight is 270 g/mol. The van der Waals surface area contributed by atoms with E-state index in [0.29, 0.717) is 0 Å². The fourth-order valence-electron chi connectivity index (χ4n) is 3.02. The van der Waals surface area contributed by atoms with Crippen molar-refractivity contribution >= 4 is 0 Å². The summed E-state index contributed by atoms with van der Waals surface area (Å²) in [7, 11) is 0. The van der Waals surface area contributed by atoms with Crippen LogP contribution in [0.3, 0.4) is 0 Å². The molecule has 0 radical (unpaired) electrons. The molecule has 0 bridgehead atoms. The molecule has 1 heterocycles. The van der Waals surface area contributed by atoms with Gasteiger partial charge in [0.2, 0.25) is 0 Å². The highest BCUT2D eigenvalue weighted by Gasteiger charge is 2.42. The lowest BCUT2D eigenvalue weighted by Gasteiger charge is -2.51. The Morgan fingerprint density at radius 3 is 2.00 bits per heavy atom. The van der Waals surface area contributed by atoms with Crippen molar-refractivity contribution in [3.63, 3.8) is 0 Å². The second kappa shape index (κ2) is 7.61. The Bertz CT molecular complexity index is 235. The normalized spacial score (nSPS) is 22.6. The van der Waals surface area contributed by atoms with Crippen LogP contribution in [0.4, 0.5) is 0 Å². The Kier molecular flexibility index (Phi) is 6.78. The van der Waals surface area contributed by atoms with Gasteiger partial charge in [-0.15, -0.1) is 0 Å². The number of nitrogens with zero attached hydrogens (tertiary/aromatic N) is 1. The predicted molar refractivity (Wildman–Crippen MR) is 82.2 cm³/mol. The number of hydroxylamine groups is 2. The van der Waals surface area contributed by atoms with Crippen LogP contribution in [-0.2, 0) is 4.84 Å². The maximum Gasteiger partial charge on any atom is 0.0685 e. The van der Waals surface area contributed by atoms with Gasteiger partial charge in [-0.1, -0.05) is 39.0 Å². The summed E-state index contributed by atoms with van der Waals surface area (Å²) in [5, 5.41) is 5.72. The van der Waals surface area contributed by atoms with Crippen LogP contribution in [-0.4, -0.2) is 35.8 Å². The Labute approximate surface area is 120 Å². The van der Waals surface area contributed by atoms with Crippen LogP contribution in [0.2, 0.25) is 0 Å². The predicted octanol–water partition coefficient (Wildman–Crippen LogP) is 3.74. The van der Waals surface area contributed by atoms with Crippen molar-refractivity contribution < 1.29 is 4.84 Å². The molecular formula is C16H34N2O. The third-order valence-electron chi connectivity index (χ3n) is 3.93. The van der Waals surface area contributed by atoms with Crippen LogP contribution >= 0.6 is 0 Å². The highest BCUT2D eigenvalue weighted by molar-refractivity contribution is 4.95. The van der Waals surface area contributed by atoms with Gasteiger partial charge in [0, 0.05) is 13.1 Å². The monoisotopic (exact) mass is 270 g/mol. The zero-order chi connectivity index (χ0) is 14.4. The molecule has 3 nitrogen and oxygen atoms in total. The Hall–Kier alpha value is -0.120. The summed E-state index contributed by atoms with van der Waals surface area (Å²) in [4.78, 5) is 6.11. The fourth-order valence-corrected chi connectivity index (χ4v) is 3.02. The highest BCUT2D eigenvalue weighted by Crippen LogP contribution is 2.28. The summed E-state index contributed by atoms with van der Waals surface area (Å²) >= 11 is 0. The van der Waals surface area contributed by atoms with E-state index in [2.05, 4.69) is 45.0 Å². The fraction of sp³-hybridized carbons (Fsp3) is 1.00. The molecule has 1 aliphatic rings. The van der Waals surface area contributed by atoms with Crippen molar-refractivity contribution in [2.75, 3.05) is 19.7 Å².